The van der Waals surface area contributed by atoms with Gasteiger partial charge < -0.3 is 14.8 Å². The van der Waals surface area contributed by atoms with Gasteiger partial charge in [-0.25, -0.2) is 9.97 Å². The first kappa shape index (κ1) is 14.1. The minimum atomic E-state index is 0.577. The maximum atomic E-state index is 5.48. The standard InChI is InChI=1S/C15H19N3O2/c1-3-19-13-7-5-6-12(8-13)10-16-14-9-15(20-4-2)18-11-17-14/h5-9,11H,3-4,10H2,1-2H3,(H,16,17,18). The molecular weight excluding hydrogens is 254 g/mol. The van der Waals surface area contributed by atoms with Crippen LogP contribution in [0.25, 0.3) is 0 Å². The van der Waals surface area contributed by atoms with E-state index in [1.165, 1.54) is 6.33 Å². The number of hydrogen-bond donors (Lipinski definition) is 1. The lowest BCUT2D eigenvalue weighted by molar-refractivity contribution is 0.326. The van der Waals surface area contributed by atoms with Crippen molar-refractivity contribution in [3.63, 3.8) is 0 Å². The van der Waals surface area contributed by atoms with Gasteiger partial charge in [0.2, 0.25) is 5.88 Å². The molecule has 0 aliphatic carbocycles. The van der Waals surface area contributed by atoms with Gasteiger partial charge >= 0.3 is 0 Å². The van der Waals surface area contributed by atoms with E-state index in [1.54, 1.807) is 6.07 Å². The van der Waals surface area contributed by atoms with E-state index in [4.69, 9.17) is 9.47 Å². The van der Waals surface area contributed by atoms with Crippen LogP contribution in [0.1, 0.15) is 19.4 Å². The summed E-state index contributed by atoms with van der Waals surface area (Å²) in [6.07, 6.45) is 1.49. The summed E-state index contributed by atoms with van der Waals surface area (Å²) in [5.74, 6) is 2.20. The molecule has 0 saturated carbocycles. The van der Waals surface area contributed by atoms with Gasteiger partial charge in [-0.1, -0.05) is 12.1 Å². The summed E-state index contributed by atoms with van der Waals surface area (Å²) < 4.78 is 10.8. The number of hydrogen-bond acceptors (Lipinski definition) is 5. The number of rotatable bonds is 7. The molecule has 0 aliphatic heterocycles. The van der Waals surface area contributed by atoms with Crippen molar-refractivity contribution in [1.82, 2.24) is 9.97 Å². The third kappa shape index (κ3) is 4.12. The summed E-state index contributed by atoms with van der Waals surface area (Å²) in [5, 5.41) is 3.24. The summed E-state index contributed by atoms with van der Waals surface area (Å²) in [7, 11) is 0. The Bertz CT molecular complexity index is 497. The zero-order valence-electron chi connectivity index (χ0n) is 11.8. The Morgan fingerprint density at radius 3 is 2.70 bits per heavy atom. The molecule has 0 unspecified atom stereocenters. The third-order valence-electron chi connectivity index (χ3n) is 2.62. The fourth-order valence-electron chi connectivity index (χ4n) is 1.77. The van der Waals surface area contributed by atoms with E-state index in [0.29, 0.717) is 25.6 Å². The number of nitrogens with zero attached hydrogens (tertiary/aromatic N) is 2. The lowest BCUT2D eigenvalue weighted by Gasteiger charge is -2.09. The van der Waals surface area contributed by atoms with E-state index < -0.39 is 0 Å². The molecule has 2 rings (SSSR count). The quantitative estimate of drug-likeness (QED) is 0.840. The first-order valence-corrected chi connectivity index (χ1v) is 6.72. The molecule has 20 heavy (non-hydrogen) atoms. The van der Waals surface area contributed by atoms with E-state index in [9.17, 15) is 0 Å². The van der Waals surface area contributed by atoms with Crippen LogP contribution in [0.15, 0.2) is 36.7 Å². The summed E-state index contributed by atoms with van der Waals surface area (Å²) in [4.78, 5) is 8.19. The molecule has 1 heterocycles. The van der Waals surface area contributed by atoms with Crippen LogP contribution in [0.2, 0.25) is 0 Å². The van der Waals surface area contributed by atoms with Crippen LogP contribution in [-0.2, 0) is 6.54 Å². The van der Waals surface area contributed by atoms with Crippen molar-refractivity contribution < 1.29 is 9.47 Å². The van der Waals surface area contributed by atoms with Crippen LogP contribution in [0.4, 0.5) is 5.82 Å². The lowest BCUT2D eigenvalue weighted by Crippen LogP contribution is -2.03. The fraction of sp³-hybridized carbons (Fsp3) is 0.333. The lowest BCUT2D eigenvalue weighted by atomic mass is 10.2. The highest BCUT2D eigenvalue weighted by molar-refractivity contribution is 5.39. The summed E-state index contributed by atoms with van der Waals surface area (Å²) in [6, 6.07) is 9.77. The molecule has 0 atom stereocenters. The van der Waals surface area contributed by atoms with Gasteiger partial charge in [0.05, 0.1) is 13.2 Å². The average molecular weight is 273 g/mol. The zero-order valence-corrected chi connectivity index (χ0v) is 11.8. The highest BCUT2D eigenvalue weighted by atomic mass is 16.5. The molecule has 0 radical (unpaired) electrons. The van der Waals surface area contributed by atoms with Crippen LogP contribution in [0, 0.1) is 0 Å². The molecule has 1 aromatic carbocycles. The van der Waals surface area contributed by atoms with Gasteiger partial charge in [0, 0.05) is 12.6 Å². The van der Waals surface area contributed by atoms with Crippen molar-refractivity contribution in [3.8, 4) is 11.6 Å². The molecule has 0 saturated heterocycles. The van der Waals surface area contributed by atoms with Crippen molar-refractivity contribution >= 4 is 5.82 Å². The second kappa shape index (κ2) is 7.33. The fourth-order valence-corrected chi connectivity index (χ4v) is 1.77. The summed E-state index contributed by atoms with van der Waals surface area (Å²) >= 11 is 0. The molecule has 0 bridgehead atoms. The molecule has 0 amide bonds. The third-order valence-corrected chi connectivity index (χ3v) is 2.62. The van der Waals surface area contributed by atoms with Crippen molar-refractivity contribution in [2.45, 2.75) is 20.4 Å². The Hall–Kier alpha value is -2.30. The molecule has 0 aliphatic rings. The summed E-state index contributed by atoms with van der Waals surface area (Å²) in [6.45, 7) is 5.83. The average Bonchev–Trinajstić information content (AvgIpc) is 2.47. The first-order valence-electron chi connectivity index (χ1n) is 6.72. The molecule has 1 N–H and O–H groups in total. The maximum Gasteiger partial charge on any atom is 0.218 e. The molecule has 2 aromatic rings. The van der Waals surface area contributed by atoms with Gasteiger partial charge in [-0.05, 0) is 31.5 Å². The number of aromatic nitrogens is 2. The van der Waals surface area contributed by atoms with Crippen LogP contribution in [0.3, 0.4) is 0 Å². The zero-order chi connectivity index (χ0) is 14.2. The molecule has 5 heteroatoms. The van der Waals surface area contributed by atoms with Crippen molar-refractivity contribution in [2.24, 2.45) is 0 Å². The summed E-state index contributed by atoms with van der Waals surface area (Å²) in [5.41, 5.74) is 1.13. The molecule has 0 spiro atoms. The second-order valence-corrected chi connectivity index (χ2v) is 4.11. The molecule has 1 aromatic heterocycles. The van der Waals surface area contributed by atoms with E-state index in [2.05, 4.69) is 15.3 Å². The monoisotopic (exact) mass is 273 g/mol. The molecule has 0 fully saturated rings. The van der Waals surface area contributed by atoms with Gasteiger partial charge in [0.15, 0.2) is 0 Å². The normalized spacial score (nSPS) is 10.1. The minimum absolute atomic E-state index is 0.577. The van der Waals surface area contributed by atoms with Crippen molar-refractivity contribution in [3.05, 3.63) is 42.2 Å². The van der Waals surface area contributed by atoms with E-state index in [1.807, 2.05) is 38.1 Å². The van der Waals surface area contributed by atoms with Crippen molar-refractivity contribution in [1.29, 1.82) is 0 Å². The van der Waals surface area contributed by atoms with Gasteiger partial charge in [-0.3, -0.25) is 0 Å². The van der Waals surface area contributed by atoms with Crippen LogP contribution in [-0.4, -0.2) is 23.2 Å². The maximum absolute atomic E-state index is 5.48. The molecule has 5 nitrogen and oxygen atoms in total. The molecular formula is C15H19N3O2. The Labute approximate surface area is 119 Å². The SMILES string of the molecule is CCOc1cccc(CNc2cc(OCC)ncn2)c1. The first-order chi connectivity index (χ1) is 9.81. The number of benzene rings is 1. The Kier molecular flexibility index (Phi) is 5.17. The highest BCUT2D eigenvalue weighted by Crippen LogP contribution is 2.16. The van der Waals surface area contributed by atoms with Crippen LogP contribution < -0.4 is 14.8 Å². The van der Waals surface area contributed by atoms with Gasteiger partial charge in [0.25, 0.3) is 0 Å². The van der Waals surface area contributed by atoms with Crippen LogP contribution in [0.5, 0.6) is 11.6 Å². The number of ether oxygens (including phenoxy) is 2. The number of nitrogens with one attached hydrogen (secondary N) is 1. The largest absolute Gasteiger partial charge is 0.494 e. The smallest absolute Gasteiger partial charge is 0.218 e. The second-order valence-electron chi connectivity index (χ2n) is 4.11. The van der Waals surface area contributed by atoms with Crippen LogP contribution >= 0.6 is 0 Å². The van der Waals surface area contributed by atoms with E-state index in [-0.39, 0.29) is 0 Å². The van der Waals surface area contributed by atoms with Gasteiger partial charge in [0.1, 0.15) is 17.9 Å². The van der Waals surface area contributed by atoms with Gasteiger partial charge in [-0.2, -0.15) is 0 Å². The predicted molar refractivity (Wildman–Crippen MR) is 78.1 cm³/mol. The Balaban J connectivity index is 1.97. The number of anilines is 1. The van der Waals surface area contributed by atoms with Crippen molar-refractivity contribution in [2.75, 3.05) is 18.5 Å². The molecule has 106 valence electrons. The topological polar surface area (TPSA) is 56.3 Å². The van der Waals surface area contributed by atoms with E-state index >= 15 is 0 Å². The van der Waals surface area contributed by atoms with E-state index in [0.717, 1.165) is 17.1 Å². The highest BCUT2D eigenvalue weighted by Gasteiger charge is 2.00. The Morgan fingerprint density at radius 1 is 1.05 bits per heavy atom. The minimum Gasteiger partial charge on any atom is -0.494 e. The predicted octanol–water partition coefficient (Wildman–Crippen LogP) is 2.89. The Morgan fingerprint density at radius 2 is 1.90 bits per heavy atom. The van der Waals surface area contributed by atoms with Gasteiger partial charge in [-0.15, -0.1) is 0 Å².